The van der Waals surface area contributed by atoms with E-state index in [4.69, 9.17) is 21.5 Å². The molecule has 11 nitrogen and oxygen atoms in total. The predicted octanol–water partition coefficient (Wildman–Crippen LogP) is -3.58. The van der Waals surface area contributed by atoms with Crippen LogP contribution < -0.4 is 10.6 Å². The molecule has 0 saturated carbocycles. The summed E-state index contributed by atoms with van der Waals surface area (Å²) in [6, 6.07) is 0. The summed E-state index contributed by atoms with van der Waals surface area (Å²) in [5.41, 5.74) is -1.61. The first-order valence-electron chi connectivity index (χ1n) is 7.29. The number of aliphatic hydroxyl groups is 3. The number of amides is 1. The summed E-state index contributed by atoms with van der Waals surface area (Å²) in [4.78, 5) is 16.4. The summed E-state index contributed by atoms with van der Waals surface area (Å²) in [5.74, 6) is -1.25. The van der Waals surface area contributed by atoms with Crippen molar-refractivity contribution in [1.29, 1.82) is 0 Å². The summed E-state index contributed by atoms with van der Waals surface area (Å²) in [6.45, 7) is -0.966. The minimum Gasteiger partial charge on any atom is -0.394 e. The molecule has 0 aromatic heterocycles. The van der Waals surface area contributed by atoms with E-state index < -0.39 is 58.2 Å². The van der Waals surface area contributed by atoms with Crippen LogP contribution in [-0.4, -0.2) is 95.4 Å². The van der Waals surface area contributed by atoms with Crippen LogP contribution in [-0.2, 0) is 19.6 Å². The van der Waals surface area contributed by atoms with Crippen molar-refractivity contribution in [2.75, 3.05) is 25.4 Å². The van der Waals surface area contributed by atoms with Crippen LogP contribution in [0.25, 0.3) is 0 Å². The molecule has 1 fully saturated rings. The Bertz CT molecular complexity index is 669. The topological polar surface area (TPSA) is 178 Å². The standard InChI is InChI=1S/C12H19N3O8S2/c16-3-6-7(17)8(18)9(23-6)12(4-13-1-2-25(20,21)22)5-14-11(24)15-10(12)19/h5-9,13,16-18H,1-4H2,(H,15,19,24)(H,20,21,22)/t6-,7-,8-,9-,12?/m1/s1. The molecule has 1 unspecified atom stereocenters. The van der Waals surface area contributed by atoms with E-state index in [9.17, 15) is 28.5 Å². The van der Waals surface area contributed by atoms with Crippen LogP contribution in [0.1, 0.15) is 0 Å². The first-order valence-corrected chi connectivity index (χ1v) is 9.31. The number of rotatable bonds is 7. The molecule has 0 aliphatic carbocycles. The summed E-state index contributed by atoms with van der Waals surface area (Å²) >= 11 is 4.79. The third-order valence-electron chi connectivity index (χ3n) is 4.06. The zero-order valence-corrected chi connectivity index (χ0v) is 14.5. The lowest BCUT2D eigenvalue weighted by atomic mass is 9.78. The van der Waals surface area contributed by atoms with Crippen molar-refractivity contribution in [3.8, 4) is 0 Å². The van der Waals surface area contributed by atoms with Gasteiger partial charge in [0.05, 0.1) is 12.4 Å². The quantitative estimate of drug-likeness (QED) is 0.143. The zero-order valence-electron chi connectivity index (χ0n) is 12.9. The molecule has 5 atom stereocenters. The van der Waals surface area contributed by atoms with Gasteiger partial charge in [-0.1, -0.05) is 0 Å². The maximum absolute atomic E-state index is 12.5. The van der Waals surface area contributed by atoms with E-state index in [-0.39, 0.29) is 18.2 Å². The van der Waals surface area contributed by atoms with Gasteiger partial charge in [-0.3, -0.25) is 9.35 Å². The van der Waals surface area contributed by atoms with Crippen LogP contribution in [0.2, 0.25) is 0 Å². The molecule has 0 radical (unpaired) electrons. The highest BCUT2D eigenvalue weighted by Crippen LogP contribution is 2.35. The van der Waals surface area contributed by atoms with Gasteiger partial charge < -0.3 is 30.7 Å². The Balaban J connectivity index is 2.23. The molecule has 13 heteroatoms. The van der Waals surface area contributed by atoms with E-state index in [1.54, 1.807) is 0 Å². The van der Waals surface area contributed by atoms with Gasteiger partial charge in [-0.15, -0.1) is 0 Å². The van der Waals surface area contributed by atoms with Gasteiger partial charge in [-0.25, -0.2) is 4.99 Å². The van der Waals surface area contributed by atoms with E-state index in [2.05, 4.69) is 15.6 Å². The zero-order chi connectivity index (χ0) is 18.8. The molecule has 1 saturated heterocycles. The van der Waals surface area contributed by atoms with Gasteiger partial charge in [0.15, 0.2) is 5.11 Å². The summed E-state index contributed by atoms with van der Waals surface area (Å²) in [6.07, 6.45) is -4.10. The molecule has 2 heterocycles. The third kappa shape index (κ3) is 4.38. The average Bonchev–Trinajstić information content (AvgIpc) is 2.81. The monoisotopic (exact) mass is 397 g/mol. The number of carbonyl (C=O) groups excluding carboxylic acids is 1. The minimum atomic E-state index is -4.19. The highest BCUT2D eigenvalue weighted by molar-refractivity contribution is 7.85. The number of thiocarbonyl (C=S) groups is 1. The van der Waals surface area contributed by atoms with E-state index >= 15 is 0 Å². The molecule has 25 heavy (non-hydrogen) atoms. The van der Waals surface area contributed by atoms with E-state index in [0.717, 1.165) is 6.21 Å². The molecular formula is C12H19N3O8S2. The lowest BCUT2D eigenvalue weighted by Crippen LogP contribution is -2.61. The number of hydrogen-bond acceptors (Lipinski definition) is 9. The Labute approximate surface area is 148 Å². The molecule has 1 amide bonds. The molecule has 2 aliphatic rings. The molecule has 6 N–H and O–H groups in total. The summed E-state index contributed by atoms with van der Waals surface area (Å²) in [7, 11) is -4.19. The maximum atomic E-state index is 12.5. The number of aliphatic imine (C=N–C) groups is 1. The van der Waals surface area contributed by atoms with Gasteiger partial charge in [-0.2, -0.15) is 8.42 Å². The molecule has 0 aromatic rings. The van der Waals surface area contributed by atoms with Crippen molar-refractivity contribution in [3.63, 3.8) is 0 Å². The molecule has 0 bridgehead atoms. The largest absolute Gasteiger partial charge is 0.394 e. The Morgan fingerprint density at radius 2 is 2.08 bits per heavy atom. The minimum absolute atomic E-state index is 0.0923. The lowest BCUT2D eigenvalue weighted by Gasteiger charge is -2.37. The highest BCUT2D eigenvalue weighted by Gasteiger charge is 2.57. The lowest BCUT2D eigenvalue weighted by molar-refractivity contribution is -0.136. The van der Waals surface area contributed by atoms with E-state index in [1.165, 1.54) is 0 Å². The SMILES string of the molecule is O=C1NC(=S)N=CC1(CNCCS(=O)(=O)O)[C@@H]1O[C@H](CO)[C@@H](O)[C@H]1O. The van der Waals surface area contributed by atoms with Crippen LogP contribution in [0, 0.1) is 5.41 Å². The van der Waals surface area contributed by atoms with Gasteiger partial charge in [0.1, 0.15) is 29.8 Å². The number of ether oxygens (including phenoxy) is 1. The Morgan fingerprint density at radius 3 is 2.60 bits per heavy atom. The normalized spacial score (nSPS) is 35.8. The van der Waals surface area contributed by atoms with Gasteiger partial charge in [-0.05, 0) is 12.2 Å². The van der Waals surface area contributed by atoms with Gasteiger partial charge in [0.25, 0.3) is 10.1 Å². The molecule has 2 aliphatic heterocycles. The first kappa shape index (κ1) is 20.3. The third-order valence-corrected chi connectivity index (χ3v) is 4.99. The van der Waals surface area contributed by atoms with Crippen molar-refractivity contribution in [2.45, 2.75) is 24.4 Å². The number of hydrogen-bond donors (Lipinski definition) is 6. The van der Waals surface area contributed by atoms with Gasteiger partial charge >= 0.3 is 0 Å². The molecule has 0 spiro atoms. The first-order chi connectivity index (χ1) is 11.6. The fourth-order valence-electron chi connectivity index (χ4n) is 2.73. The van der Waals surface area contributed by atoms with Crippen LogP contribution >= 0.6 is 12.2 Å². The molecular weight excluding hydrogens is 378 g/mol. The van der Waals surface area contributed by atoms with Crippen molar-refractivity contribution in [3.05, 3.63) is 0 Å². The van der Waals surface area contributed by atoms with Crippen molar-refractivity contribution in [1.82, 2.24) is 10.6 Å². The van der Waals surface area contributed by atoms with Crippen LogP contribution in [0.3, 0.4) is 0 Å². The molecule has 2 rings (SSSR count). The second-order valence-electron chi connectivity index (χ2n) is 5.78. The number of nitrogens with one attached hydrogen (secondary N) is 2. The molecule has 0 aromatic carbocycles. The number of aliphatic hydroxyl groups excluding tert-OH is 3. The van der Waals surface area contributed by atoms with Gasteiger partial charge in [0.2, 0.25) is 5.91 Å². The predicted molar refractivity (Wildman–Crippen MR) is 88.7 cm³/mol. The fourth-order valence-corrected chi connectivity index (χ4v) is 3.28. The number of nitrogens with zero attached hydrogens (tertiary/aromatic N) is 1. The second-order valence-corrected chi connectivity index (χ2v) is 7.74. The summed E-state index contributed by atoms with van der Waals surface area (Å²) in [5, 5.41) is 34.3. The van der Waals surface area contributed by atoms with Crippen molar-refractivity contribution >= 4 is 39.6 Å². The Morgan fingerprint density at radius 1 is 1.40 bits per heavy atom. The smallest absolute Gasteiger partial charge is 0.266 e. The Hall–Kier alpha value is -1.06. The van der Waals surface area contributed by atoms with E-state index in [0.29, 0.717) is 0 Å². The fraction of sp³-hybridized carbons (Fsp3) is 0.750. The molecule has 142 valence electrons. The number of carbonyl (C=O) groups is 1. The summed E-state index contributed by atoms with van der Waals surface area (Å²) < 4.78 is 35.7. The van der Waals surface area contributed by atoms with E-state index in [1.807, 2.05) is 0 Å². The Kier molecular flexibility index (Phi) is 6.22. The maximum Gasteiger partial charge on any atom is 0.266 e. The van der Waals surface area contributed by atoms with Gasteiger partial charge in [0, 0.05) is 19.3 Å². The highest BCUT2D eigenvalue weighted by atomic mass is 32.2. The van der Waals surface area contributed by atoms with Crippen molar-refractivity contribution in [2.24, 2.45) is 10.4 Å². The van der Waals surface area contributed by atoms with Crippen LogP contribution in [0.5, 0.6) is 0 Å². The van der Waals surface area contributed by atoms with Crippen LogP contribution in [0.15, 0.2) is 4.99 Å². The van der Waals surface area contributed by atoms with Crippen molar-refractivity contribution < 1.29 is 37.8 Å². The average molecular weight is 397 g/mol. The van der Waals surface area contributed by atoms with Crippen LogP contribution in [0.4, 0.5) is 0 Å². The second kappa shape index (κ2) is 7.67.